The van der Waals surface area contributed by atoms with Crippen LogP contribution >= 0.6 is 22.5 Å². The Morgan fingerprint density at radius 3 is 2.39 bits per heavy atom. The average molecular weight is 546 g/mol. The summed E-state index contributed by atoms with van der Waals surface area (Å²) in [4.78, 5) is 0. The number of nitrogens with zero attached hydrogens (tertiary/aromatic N) is 3. The normalized spacial score (nSPS) is 26.7. The van der Waals surface area contributed by atoms with Crippen LogP contribution in [-0.2, 0) is 0 Å². The van der Waals surface area contributed by atoms with Crippen LogP contribution in [0.15, 0.2) is 42.6 Å². The third-order valence-corrected chi connectivity index (χ3v) is 10.5. The molecule has 1 unspecified atom stereocenters. The SMILES string of the molecule is CC(C)(O)[C@@H](c1ccccc1Cl)[SH]1C[C@H](O)[C@H](n2cc(-c3cc(F)c(F)c(F)c3)nn2)[C@@H](O)[C@H]1CO. The lowest BCUT2D eigenvalue weighted by Gasteiger charge is -2.50. The number of hydrogen-bond acceptors (Lipinski definition) is 6. The van der Waals surface area contributed by atoms with Gasteiger partial charge in [-0.1, -0.05) is 35.0 Å². The minimum absolute atomic E-state index is 0.00558. The maximum atomic E-state index is 13.7. The van der Waals surface area contributed by atoms with Crippen molar-refractivity contribution in [1.29, 1.82) is 0 Å². The molecule has 0 amide bonds. The van der Waals surface area contributed by atoms with Crippen LogP contribution in [-0.4, -0.2) is 70.8 Å². The van der Waals surface area contributed by atoms with Gasteiger partial charge in [0.15, 0.2) is 17.5 Å². The molecule has 6 atom stereocenters. The number of halogens is 4. The van der Waals surface area contributed by atoms with E-state index < -0.39 is 69.3 Å². The van der Waals surface area contributed by atoms with E-state index in [0.29, 0.717) is 10.6 Å². The monoisotopic (exact) mass is 545 g/mol. The smallest absolute Gasteiger partial charge is 0.194 e. The van der Waals surface area contributed by atoms with Crippen molar-refractivity contribution in [1.82, 2.24) is 15.0 Å². The van der Waals surface area contributed by atoms with Gasteiger partial charge in [-0.2, -0.15) is 0 Å². The summed E-state index contributed by atoms with van der Waals surface area (Å²) in [6, 6.07) is 7.51. The highest BCUT2D eigenvalue weighted by Gasteiger charge is 2.49. The first-order valence-corrected chi connectivity index (χ1v) is 13.2. The first-order valence-electron chi connectivity index (χ1n) is 11.2. The van der Waals surface area contributed by atoms with E-state index in [1.165, 1.54) is 10.9 Å². The predicted molar refractivity (Wildman–Crippen MR) is 132 cm³/mol. The molecule has 1 saturated heterocycles. The molecule has 12 heteroatoms. The lowest BCUT2D eigenvalue weighted by molar-refractivity contribution is 0.00572. The number of rotatable bonds is 6. The molecule has 0 saturated carbocycles. The fourth-order valence-corrected chi connectivity index (χ4v) is 8.88. The van der Waals surface area contributed by atoms with Crippen molar-refractivity contribution in [3.63, 3.8) is 0 Å². The maximum absolute atomic E-state index is 13.7. The van der Waals surface area contributed by atoms with E-state index in [0.717, 1.165) is 12.1 Å². The van der Waals surface area contributed by atoms with Gasteiger partial charge in [-0.3, -0.25) is 0 Å². The molecule has 0 aliphatic carbocycles. The summed E-state index contributed by atoms with van der Waals surface area (Å²) in [5, 5.41) is 50.7. The van der Waals surface area contributed by atoms with Gasteiger partial charge in [-0.15, -0.1) is 5.10 Å². The Bertz CT molecular complexity index is 1220. The highest BCUT2D eigenvalue weighted by molar-refractivity contribution is 8.18. The molecule has 4 rings (SSSR count). The third-order valence-electron chi connectivity index (χ3n) is 6.45. The quantitative estimate of drug-likeness (QED) is 0.240. The van der Waals surface area contributed by atoms with Crippen molar-refractivity contribution < 1.29 is 33.6 Å². The number of benzene rings is 2. The van der Waals surface area contributed by atoms with Crippen molar-refractivity contribution in [3.05, 3.63) is 70.6 Å². The topological polar surface area (TPSA) is 112 Å². The molecule has 3 aromatic rings. The summed E-state index contributed by atoms with van der Waals surface area (Å²) in [5.41, 5.74) is -0.698. The van der Waals surface area contributed by atoms with Gasteiger partial charge in [-0.05, 0) is 37.6 Å². The van der Waals surface area contributed by atoms with Crippen molar-refractivity contribution in [2.75, 3.05) is 12.4 Å². The molecule has 4 N–H and O–H groups in total. The molecule has 1 aliphatic heterocycles. The number of thiol groups is 1. The summed E-state index contributed by atoms with van der Waals surface area (Å²) < 4.78 is 41.9. The van der Waals surface area contributed by atoms with Crippen LogP contribution < -0.4 is 0 Å². The maximum Gasteiger partial charge on any atom is 0.194 e. The number of aliphatic hydroxyl groups excluding tert-OH is 3. The molecule has 1 fully saturated rings. The van der Waals surface area contributed by atoms with Gasteiger partial charge in [0, 0.05) is 26.8 Å². The van der Waals surface area contributed by atoms with Crippen LogP contribution in [0.5, 0.6) is 0 Å². The van der Waals surface area contributed by atoms with Crippen LogP contribution in [0.1, 0.15) is 30.7 Å². The van der Waals surface area contributed by atoms with E-state index >= 15 is 0 Å². The average Bonchev–Trinajstić information content (AvgIpc) is 3.27. The van der Waals surface area contributed by atoms with Crippen molar-refractivity contribution in [3.8, 4) is 11.3 Å². The number of aromatic nitrogens is 3. The van der Waals surface area contributed by atoms with Crippen molar-refractivity contribution in [2.45, 2.75) is 48.2 Å². The highest BCUT2D eigenvalue weighted by atomic mass is 35.5. The molecule has 1 aromatic heterocycles. The van der Waals surface area contributed by atoms with Crippen LogP contribution in [0.2, 0.25) is 5.02 Å². The molecule has 0 bridgehead atoms. The Morgan fingerprint density at radius 1 is 1.17 bits per heavy atom. The summed E-state index contributed by atoms with van der Waals surface area (Å²) in [7, 11) is -1.41. The van der Waals surface area contributed by atoms with Gasteiger partial charge in [0.25, 0.3) is 0 Å². The first kappa shape index (κ1) is 26.9. The molecule has 2 aromatic carbocycles. The van der Waals surface area contributed by atoms with Crippen LogP contribution in [0.25, 0.3) is 11.3 Å². The zero-order valence-electron chi connectivity index (χ0n) is 19.4. The Hall–Kier alpha value is -2.15. The fraction of sp³-hybridized carbons (Fsp3) is 0.417. The van der Waals surface area contributed by atoms with Gasteiger partial charge >= 0.3 is 0 Å². The minimum Gasteiger partial charge on any atom is -0.395 e. The molecule has 36 heavy (non-hydrogen) atoms. The standard InChI is InChI=1S/C24H27ClF3N3O4S/c1-24(2,35)23(13-5-3-4-6-14(13)25)36-11-18(33)21(22(34)19(36)10-32)31-9-17(29-30-31)12-7-15(26)20(28)16(27)8-12/h3-9,18-19,21-23,32-36H,10-11H2,1-2H3/t18-,19+,21-,22-,23+/m0/s1. The molecular weight excluding hydrogens is 519 g/mol. The van der Waals surface area contributed by atoms with Crippen molar-refractivity contribution >= 4 is 22.5 Å². The molecular formula is C24H27ClF3N3O4S. The van der Waals surface area contributed by atoms with Gasteiger partial charge in [0.1, 0.15) is 11.7 Å². The second kappa shape index (κ2) is 10.3. The molecule has 1 aliphatic rings. The Morgan fingerprint density at radius 2 is 1.81 bits per heavy atom. The summed E-state index contributed by atoms with van der Waals surface area (Å²) in [5.74, 6) is -4.25. The molecule has 0 spiro atoms. The highest BCUT2D eigenvalue weighted by Crippen LogP contribution is 2.58. The second-order valence-corrected chi connectivity index (χ2v) is 12.4. The Labute approximate surface area is 213 Å². The zero-order chi connectivity index (χ0) is 26.4. The number of aliphatic hydroxyl groups is 4. The van der Waals surface area contributed by atoms with Gasteiger partial charge in [0.2, 0.25) is 0 Å². The summed E-state index contributed by atoms with van der Waals surface area (Å²) >= 11 is 6.44. The van der Waals surface area contributed by atoms with E-state index in [4.69, 9.17) is 11.6 Å². The minimum atomic E-state index is -1.61. The molecule has 7 nitrogen and oxygen atoms in total. The molecule has 2 heterocycles. The first-order chi connectivity index (χ1) is 16.9. The fourth-order valence-electron chi connectivity index (χ4n) is 4.87. The lowest BCUT2D eigenvalue weighted by Crippen LogP contribution is -2.52. The largest absolute Gasteiger partial charge is 0.395 e. The Kier molecular flexibility index (Phi) is 7.70. The molecule has 0 radical (unpaired) electrons. The molecule has 196 valence electrons. The zero-order valence-corrected chi connectivity index (χ0v) is 21.1. The van der Waals surface area contributed by atoms with Crippen LogP contribution in [0.4, 0.5) is 13.2 Å². The van der Waals surface area contributed by atoms with Crippen molar-refractivity contribution in [2.24, 2.45) is 0 Å². The van der Waals surface area contributed by atoms with Crippen LogP contribution in [0.3, 0.4) is 0 Å². The van der Waals surface area contributed by atoms with E-state index in [1.807, 2.05) is 0 Å². The summed E-state index contributed by atoms with van der Waals surface area (Å²) in [6.45, 7) is 2.81. The van der Waals surface area contributed by atoms with Gasteiger partial charge in [0.05, 0.1) is 30.6 Å². The van der Waals surface area contributed by atoms with E-state index in [-0.39, 0.29) is 17.0 Å². The van der Waals surface area contributed by atoms with Gasteiger partial charge in [-0.25, -0.2) is 28.7 Å². The third kappa shape index (κ3) is 5.00. The predicted octanol–water partition coefficient (Wildman–Crippen LogP) is 3.17. The second-order valence-electron chi connectivity index (χ2n) is 9.41. The van der Waals surface area contributed by atoms with E-state index in [1.54, 1.807) is 38.1 Å². The Balaban J connectivity index is 1.68. The summed E-state index contributed by atoms with van der Waals surface area (Å²) in [6.07, 6.45) is -1.17. The van der Waals surface area contributed by atoms with E-state index in [2.05, 4.69) is 10.3 Å². The van der Waals surface area contributed by atoms with Gasteiger partial charge < -0.3 is 20.4 Å². The lowest BCUT2D eigenvalue weighted by atomic mass is 9.97. The van der Waals surface area contributed by atoms with E-state index in [9.17, 15) is 33.6 Å². The van der Waals surface area contributed by atoms with Crippen LogP contribution in [0, 0.1) is 17.5 Å². The number of hydrogen-bond donors (Lipinski definition) is 5.